The molecule has 0 heterocycles. The van der Waals surface area contributed by atoms with E-state index in [9.17, 15) is 14.4 Å². The van der Waals surface area contributed by atoms with Crippen molar-refractivity contribution in [2.24, 2.45) is 11.8 Å². The number of rotatable bonds is 8. The van der Waals surface area contributed by atoms with E-state index in [2.05, 4.69) is 34.9 Å². The zero-order chi connectivity index (χ0) is 23.4. The molecule has 0 radical (unpaired) electrons. The summed E-state index contributed by atoms with van der Waals surface area (Å²) in [6, 6.07) is 16.1. The van der Waals surface area contributed by atoms with Crippen LogP contribution < -0.4 is 10.6 Å². The number of carboxylic acids is 1. The number of carbonyl (C=O) groups excluding carboxylic acids is 2. The van der Waals surface area contributed by atoms with Gasteiger partial charge in [-0.25, -0.2) is 4.79 Å². The molecule has 2 aliphatic carbocycles. The first kappa shape index (κ1) is 22.8. The van der Waals surface area contributed by atoms with Crippen molar-refractivity contribution in [3.63, 3.8) is 0 Å². The fourth-order valence-electron chi connectivity index (χ4n) is 5.01. The third-order valence-electron chi connectivity index (χ3n) is 6.65. The molecule has 2 aromatic carbocycles. The second kappa shape index (κ2) is 10.1. The van der Waals surface area contributed by atoms with E-state index in [4.69, 9.17) is 9.84 Å². The average molecular weight is 451 g/mol. The van der Waals surface area contributed by atoms with Gasteiger partial charge in [0.25, 0.3) is 0 Å². The molecule has 0 aromatic heterocycles. The lowest BCUT2D eigenvalue weighted by Gasteiger charge is -2.22. The van der Waals surface area contributed by atoms with Gasteiger partial charge in [0, 0.05) is 24.9 Å². The zero-order valence-corrected chi connectivity index (χ0v) is 18.8. The van der Waals surface area contributed by atoms with Crippen LogP contribution in [0, 0.1) is 11.8 Å². The van der Waals surface area contributed by atoms with Gasteiger partial charge in [0.1, 0.15) is 6.61 Å². The molecule has 33 heavy (non-hydrogen) atoms. The Kier molecular flexibility index (Phi) is 6.96. The highest BCUT2D eigenvalue weighted by molar-refractivity contribution is 5.81. The fourth-order valence-corrected chi connectivity index (χ4v) is 5.01. The van der Waals surface area contributed by atoms with Gasteiger partial charge in [-0.15, -0.1) is 0 Å². The molecule has 1 saturated carbocycles. The van der Waals surface area contributed by atoms with Crippen molar-refractivity contribution in [3.8, 4) is 11.1 Å². The lowest BCUT2D eigenvalue weighted by atomic mass is 9.98. The van der Waals surface area contributed by atoms with Gasteiger partial charge in [0.05, 0.1) is 5.92 Å². The molecule has 0 aliphatic heterocycles. The van der Waals surface area contributed by atoms with E-state index in [0.29, 0.717) is 19.4 Å². The first-order valence-corrected chi connectivity index (χ1v) is 11.5. The summed E-state index contributed by atoms with van der Waals surface area (Å²) in [6.45, 7) is 2.32. The number of carbonyl (C=O) groups is 3. The summed E-state index contributed by atoms with van der Waals surface area (Å²) in [6.07, 6.45) is 1.74. The molecule has 2 aromatic rings. The van der Waals surface area contributed by atoms with E-state index < -0.39 is 12.1 Å². The third-order valence-corrected chi connectivity index (χ3v) is 6.65. The summed E-state index contributed by atoms with van der Waals surface area (Å²) < 4.78 is 5.62. The van der Waals surface area contributed by atoms with Crippen molar-refractivity contribution < 1.29 is 24.2 Å². The standard InChI is InChI=1S/C26H30N2O5/c1-16(13-24(29)30)14-27-25(31)21-11-6-12-23(21)28-26(32)33-15-22-19-9-4-2-7-17(19)18-8-3-5-10-20(18)22/h2-5,7-10,16,21-23H,6,11-15H2,1H3,(H,27,31)(H,28,32)(H,29,30). The predicted molar refractivity (Wildman–Crippen MR) is 124 cm³/mol. The van der Waals surface area contributed by atoms with Crippen molar-refractivity contribution in [1.82, 2.24) is 10.6 Å². The summed E-state index contributed by atoms with van der Waals surface area (Å²) in [5, 5.41) is 14.6. The van der Waals surface area contributed by atoms with Gasteiger partial charge in [-0.2, -0.15) is 0 Å². The third kappa shape index (κ3) is 5.18. The molecule has 0 spiro atoms. The Labute approximate surface area is 193 Å². The maximum atomic E-state index is 12.6. The molecular formula is C26H30N2O5. The summed E-state index contributed by atoms with van der Waals surface area (Å²) in [7, 11) is 0. The first-order valence-electron chi connectivity index (χ1n) is 11.5. The van der Waals surface area contributed by atoms with Gasteiger partial charge in [0.2, 0.25) is 5.91 Å². The van der Waals surface area contributed by atoms with E-state index >= 15 is 0 Å². The maximum absolute atomic E-state index is 12.6. The molecule has 4 rings (SSSR count). The van der Waals surface area contributed by atoms with Crippen molar-refractivity contribution in [1.29, 1.82) is 0 Å². The molecule has 2 aliphatic rings. The topological polar surface area (TPSA) is 105 Å². The van der Waals surface area contributed by atoms with Crippen LogP contribution in [0.4, 0.5) is 4.79 Å². The number of hydrogen-bond acceptors (Lipinski definition) is 4. The number of fused-ring (bicyclic) bond motifs is 3. The SMILES string of the molecule is CC(CNC(=O)C1CCCC1NC(=O)OCC1c2ccccc2-c2ccccc21)CC(=O)O. The largest absolute Gasteiger partial charge is 0.481 e. The number of nitrogens with one attached hydrogen (secondary N) is 2. The number of hydrogen-bond donors (Lipinski definition) is 3. The second-order valence-electron chi connectivity index (χ2n) is 9.06. The number of carboxylic acid groups (broad SMARTS) is 1. The Morgan fingerprint density at radius 1 is 1.03 bits per heavy atom. The van der Waals surface area contributed by atoms with E-state index in [0.717, 1.165) is 17.5 Å². The van der Waals surface area contributed by atoms with Gasteiger partial charge in [0.15, 0.2) is 0 Å². The lowest BCUT2D eigenvalue weighted by Crippen LogP contribution is -2.45. The second-order valence-corrected chi connectivity index (χ2v) is 9.06. The average Bonchev–Trinajstić information content (AvgIpc) is 3.38. The van der Waals surface area contributed by atoms with Gasteiger partial charge < -0.3 is 20.5 Å². The van der Waals surface area contributed by atoms with Gasteiger partial charge in [-0.05, 0) is 41.0 Å². The molecule has 0 bridgehead atoms. The predicted octanol–water partition coefficient (Wildman–Crippen LogP) is 3.92. The van der Waals surface area contributed by atoms with Crippen LogP contribution in [0.5, 0.6) is 0 Å². The van der Waals surface area contributed by atoms with Gasteiger partial charge in [-0.1, -0.05) is 61.9 Å². The van der Waals surface area contributed by atoms with Crippen molar-refractivity contribution in [3.05, 3.63) is 59.7 Å². The molecule has 3 atom stereocenters. The van der Waals surface area contributed by atoms with Crippen LogP contribution in [-0.2, 0) is 14.3 Å². The minimum atomic E-state index is -0.882. The molecule has 7 heteroatoms. The smallest absolute Gasteiger partial charge is 0.407 e. The minimum Gasteiger partial charge on any atom is -0.481 e. The minimum absolute atomic E-state index is 0.00632. The number of alkyl carbamates (subject to hydrolysis) is 1. The highest BCUT2D eigenvalue weighted by Gasteiger charge is 2.35. The van der Waals surface area contributed by atoms with E-state index in [1.165, 1.54) is 11.1 Å². The number of benzene rings is 2. The zero-order valence-electron chi connectivity index (χ0n) is 18.8. The molecule has 0 saturated heterocycles. The molecule has 3 unspecified atom stereocenters. The van der Waals surface area contributed by atoms with Crippen molar-refractivity contribution in [2.45, 2.75) is 44.6 Å². The lowest BCUT2D eigenvalue weighted by molar-refractivity contribution is -0.138. The van der Waals surface area contributed by atoms with Gasteiger partial charge >= 0.3 is 12.1 Å². The number of amides is 2. The molecular weight excluding hydrogens is 420 g/mol. The first-order chi connectivity index (χ1) is 15.9. The monoisotopic (exact) mass is 450 g/mol. The normalized spacial score (nSPS) is 19.9. The van der Waals surface area contributed by atoms with Crippen molar-refractivity contribution in [2.75, 3.05) is 13.2 Å². The Hall–Kier alpha value is -3.35. The Morgan fingerprint density at radius 2 is 1.67 bits per heavy atom. The summed E-state index contributed by atoms with van der Waals surface area (Å²) in [5.74, 6) is -1.52. The van der Waals surface area contributed by atoms with Crippen molar-refractivity contribution >= 4 is 18.0 Å². The highest BCUT2D eigenvalue weighted by atomic mass is 16.5. The quantitative estimate of drug-likeness (QED) is 0.565. The summed E-state index contributed by atoms with van der Waals surface area (Å²) >= 11 is 0. The van der Waals surface area contributed by atoms with Crippen LogP contribution in [0.2, 0.25) is 0 Å². The highest BCUT2D eigenvalue weighted by Crippen LogP contribution is 2.44. The number of aliphatic carboxylic acids is 1. The van der Waals surface area contributed by atoms with Crippen LogP contribution in [0.25, 0.3) is 11.1 Å². The Balaban J connectivity index is 1.32. The van der Waals surface area contributed by atoms with E-state index in [1.54, 1.807) is 6.92 Å². The maximum Gasteiger partial charge on any atom is 0.407 e. The summed E-state index contributed by atoms with van der Waals surface area (Å²) in [4.78, 5) is 36.0. The summed E-state index contributed by atoms with van der Waals surface area (Å²) in [5.41, 5.74) is 4.65. The van der Waals surface area contributed by atoms with E-state index in [1.807, 2.05) is 24.3 Å². The Morgan fingerprint density at radius 3 is 2.30 bits per heavy atom. The fraction of sp³-hybridized carbons (Fsp3) is 0.423. The molecule has 7 nitrogen and oxygen atoms in total. The van der Waals surface area contributed by atoms with Crippen LogP contribution in [0.15, 0.2) is 48.5 Å². The van der Waals surface area contributed by atoms with Gasteiger partial charge in [-0.3, -0.25) is 9.59 Å². The molecule has 2 amide bonds. The van der Waals surface area contributed by atoms with Crippen LogP contribution in [-0.4, -0.2) is 42.3 Å². The van der Waals surface area contributed by atoms with Crippen LogP contribution in [0.3, 0.4) is 0 Å². The van der Waals surface area contributed by atoms with Crippen LogP contribution >= 0.6 is 0 Å². The molecule has 1 fully saturated rings. The molecule has 174 valence electrons. The van der Waals surface area contributed by atoms with Crippen LogP contribution in [0.1, 0.15) is 49.7 Å². The Bertz CT molecular complexity index is 991. The molecule has 3 N–H and O–H groups in total. The number of ether oxygens (including phenoxy) is 1. The van der Waals surface area contributed by atoms with E-state index in [-0.39, 0.29) is 42.7 Å².